The fraction of sp³-hybridized carbons (Fsp3) is 1.00. The molecule has 2 N–H and O–H groups in total. The van der Waals surface area contributed by atoms with Gasteiger partial charge >= 0.3 is 0 Å². The molecule has 0 saturated carbocycles. The Balaban J connectivity index is 3.57. The quantitative estimate of drug-likeness (QED) is 0.453. The third-order valence-electron chi connectivity index (χ3n) is 4.01. The van der Waals surface area contributed by atoms with E-state index in [4.69, 9.17) is 5.73 Å². The van der Waals surface area contributed by atoms with Crippen molar-refractivity contribution in [2.45, 2.75) is 103 Å². The second-order valence-corrected chi connectivity index (χ2v) is 5.69. The molecule has 17 heavy (non-hydrogen) atoms. The Kier molecular flexibility index (Phi) is 11.0. The lowest BCUT2D eigenvalue weighted by Gasteiger charge is -2.28. The van der Waals surface area contributed by atoms with E-state index in [2.05, 4.69) is 20.8 Å². The van der Waals surface area contributed by atoms with Crippen molar-refractivity contribution in [3.63, 3.8) is 0 Å². The highest BCUT2D eigenvalue weighted by Gasteiger charge is 2.20. The molecule has 0 heterocycles. The van der Waals surface area contributed by atoms with Gasteiger partial charge in [0.15, 0.2) is 0 Å². The van der Waals surface area contributed by atoms with Crippen molar-refractivity contribution in [3.05, 3.63) is 0 Å². The van der Waals surface area contributed by atoms with Gasteiger partial charge in [-0.3, -0.25) is 0 Å². The summed E-state index contributed by atoms with van der Waals surface area (Å²) >= 11 is 0. The first-order valence-corrected chi connectivity index (χ1v) is 7.97. The monoisotopic (exact) mass is 241 g/mol. The van der Waals surface area contributed by atoms with Gasteiger partial charge < -0.3 is 5.73 Å². The summed E-state index contributed by atoms with van der Waals surface area (Å²) in [4.78, 5) is 0. The van der Waals surface area contributed by atoms with Crippen molar-refractivity contribution < 1.29 is 0 Å². The van der Waals surface area contributed by atoms with E-state index in [0.717, 1.165) is 6.42 Å². The van der Waals surface area contributed by atoms with Crippen LogP contribution in [0.5, 0.6) is 0 Å². The Morgan fingerprint density at radius 3 is 1.59 bits per heavy atom. The van der Waals surface area contributed by atoms with Crippen LogP contribution >= 0.6 is 0 Å². The first-order valence-electron chi connectivity index (χ1n) is 7.97. The Labute approximate surface area is 110 Å². The molecule has 0 fully saturated rings. The van der Waals surface area contributed by atoms with E-state index in [1.807, 2.05) is 0 Å². The number of hydrogen-bond acceptors (Lipinski definition) is 1. The molecule has 1 nitrogen and oxygen atoms in total. The molecule has 0 rings (SSSR count). The fourth-order valence-corrected chi connectivity index (χ4v) is 2.46. The average Bonchev–Trinajstić information content (AvgIpc) is 2.34. The van der Waals surface area contributed by atoms with Gasteiger partial charge in [0, 0.05) is 5.54 Å². The van der Waals surface area contributed by atoms with Gasteiger partial charge in [0.05, 0.1) is 0 Å². The lowest BCUT2D eigenvalue weighted by atomic mass is 9.85. The molecule has 0 bridgehead atoms. The molecule has 1 atom stereocenters. The van der Waals surface area contributed by atoms with Crippen LogP contribution in [0, 0.1) is 0 Å². The predicted molar refractivity (Wildman–Crippen MR) is 79.3 cm³/mol. The summed E-state index contributed by atoms with van der Waals surface area (Å²) in [6, 6.07) is 0. The molecular formula is C16H35N. The topological polar surface area (TPSA) is 26.0 Å². The summed E-state index contributed by atoms with van der Waals surface area (Å²) in [5.74, 6) is 0. The van der Waals surface area contributed by atoms with Gasteiger partial charge in [-0.2, -0.15) is 0 Å². The lowest BCUT2D eigenvalue weighted by Crippen LogP contribution is -2.38. The van der Waals surface area contributed by atoms with Gasteiger partial charge in [-0.15, -0.1) is 0 Å². The molecule has 0 spiro atoms. The maximum absolute atomic E-state index is 6.48. The van der Waals surface area contributed by atoms with Crippen molar-refractivity contribution in [2.24, 2.45) is 5.73 Å². The zero-order valence-corrected chi connectivity index (χ0v) is 12.6. The Hall–Kier alpha value is -0.0400. The Bertz CT molecular complexity index is 156. The summed E-state index contributed by atoms with van der Waals surface area (Å²) < 4.78 is 0. The zero-order chi connectivity index (χ0) is 13.0. The highest BCUT2D eigenvalue weighted by atomic mass is 14.7. The summed E-state index contributed by atoms with van der Waals surface area (Å²) in [6.07, 6.45) is 15.8. The first-order chi connectivity index (χ1) is 8.18. The van der Waals surface area contributed by atoms with Crippen LogP contribution in [-0.2, 0) is 0 Å². The number of rotatable bonds is 12. The average molecular weight is 241 g/mol. The number of nitrogens with two attached hydrogens (primary N) is 1. The molecular weight excluding hydrogens is 206 g/mol. The molecule has 0 aliphatic heterocycles. The molecule has 0 radical (unpaired) electrons. The second kappa shape index (κ2) is 11.1. The maximum Gasteiger partial charge on any atom is 0.0151 e. The third kappa shape index (κ3) is 9.64. The molecule has 0 saturated heterocycles. The highest BCUT2D eigenvalue weighted by molar-refractivity contribution is 4.82. The molecule has 104 valence electrons. The molecule has 1 unspecified atom stereocenters. The van der Waals surface area contributed by atoms with Crippen LogP contribution in [0.3, 0.4) is 0 Å². The van der Waals surface area contributed by atoms with Gasteiger partial charge in [-0.05, 0) is 19.3 Å². The summed E-state index contributed by atoms with van der Waals surface area (Å²) in [7, 11) is 0. The van der Waals surface area contributed by atoms with Crippen molar-refractivity contribution >= 4 is 0 Å². The second-order valence-electron chi connectivity index (χ2n) is 5.69. The van der Waals surface area contributed by atoms with Crippen molar-refractivity contribution in [2.75, 3.05) is 0 Å². The van der Waals surface area contributed by atoms with E-state index in [1.54, 1.807) is 0 Å². The normalized spacial score (nSPS) is 14.8. The minimum absolute atomic E-state index is 0.139. The number of hydrogen-bond donors (Lipinski definition) is 1. The summed E-state index contributed by atoms with van der Waals surface area (Å²) in [6.45, 7) is 6.79. The van der Waals surface area contributed by atoms with Crippen molar-refractivity contribution in [3.8, 4) is 0 Å². The fourth-order valence-electron chi connectivity index (χ4n) is 2.46. The number of unbranched alkanes of at least 4 members (excludes halogenated alkanes) is 7. The van der Waals surface area contributed by atoms with Gasteiger partial charge in [-0.25, -0.2) is 0 Å². The van der Waals surface area contributed by atoms with E-state index in [1.165, 1.54) is 70.6 Å². The molecule has 0 aromatic rings. The smallest absolute Gasteiger partial charge is 0.0151 e. The predicted octanol–water partition coefficient (Wildman–Crippen LogP) is 5.42. The zero-order valence-electron chi connectivity index (χ0n) is 12.6. The SMILES string of the molecule is CCCCCCCCC(N)(CC)CCCCC. The summed E-state index contributed by atoms with van der Waals surface area (Å²) in [5, 5.41) is 0. The van der Waals surface area contributed by atoms with Gasteiger partial charge in [0.1, 0.15) is 0 Å². The van der Waals surface area contributed by atoms with Crippen LogP contribution in [0.1, 0.15) is 97.8 Å². The van der Waals surface area contributed by atoms with Crippen LogP contribution in [-0.4, -0.2) is 5.54 Å². The minimum atomic E-state index is 0.139. The maximum atomic E-state index is 6.48. The van der Waals surface area contributed by atoms with Crippen LogP contribution in [0.25, 0.3) is 0 Å². The van der Waals surface area contributed by atoms with Gasteiger partial charge in [-0.1, -0.05) is 78.6 Å². The largest absolute Gasteiger partial charge is 0.325 e. The molecule has 0 aromatic heterocycles. The van der Waals surface area contributed by atoms with Crippen LogP contribution in [0.4, 0.5) is 0 Å². The van der Waals surface area contributed by atoms with Crippen LogP contribution in [0.15, 0.2) is 0 Å². The molecule has 0 aliphatic carbocycles. The van der Waals surface area contributed by atoms with E-state index in [9.17, 15) is 0 Å². The van der Waals surface area contributed by atoms with E-state index in [-0.39, 0.29) is 5.54 Å². The van der Waals surface area contributed by atoms with E-state index < -0.39 is 0 Å². The van der Waals surface area contributed by atoms with Crippen LogP contribution in [0.2, 0.25) is 0 Å². The Morgan fingerprint density at radius 2 is 1.06 bits per heavy atom. The van der Waals surface area contributed by atoms with Crippen molar-refractivity contribution in [1.82, 2.24) is 0 Å². The Morgan fingerprint density at radius 1 is 0.647 bits per heavy atom. The van der Waals surface area contributed by atoms with E-state index in [0.29, 0.717) is 0 Å². The van der Waals surface area contributed by atoms with Crippen molar-refractivity contribution in [1.29, 1.82) is 0 Å². The first kappa shape index (κ1) is 17.0. The lowest BCUT2D eigenvalue weighted by molar-refractivity contribution is 0.326. The molecule has 0 amide bonds. The standard InChI is InChI=1S/C16H35N/c1-4-7-9-10-11-13-15-16(17,6-3)14-12-8-5-2/h4-15,17H2,1-3H3. The molecule has 0 aromatic carbocycles. The molecule has 0 aliphatic rings. The van der Waals surface area contributed by atoms with E-state index >= 15 is 0 Å². The summed E-state index contributed by atoms with van der Waals surface area (Å²) in [5.41, 5.74) is 6.62. The van der Waals surface area contributed by atoms with Gasteiger partial charge in [0.2, 0.25) is 0 Å². The molecule has 1 heteroatoms. The minimum Gasteiger partial charge on any atom is -0.325 e. The third-order valence-corrected chi connectivity index (χ3v) is 4.01. The van der Waals surface area contributed by atoms with Gasteiger partial charge in [0.25, 0.3) is 0 Å². The highest BCUT2D eigenvalue weighted by Crippen LogP contribution is 2.23. The van der Waals surface area contributed by atoms with Crippen LogP contribution < -0.4 is 5.73 Å².